The summed E-state index contributed by atoms with van der Waals surface area (Å²) in [6.07, 6.45) is 8.71. The minimum atomic E-state index is 0.0623. The zero-order valence-corrected chi connectivity index (χ0v) is 18.8. The Kier molecular flexibility index (Phi) is 5.62. The fourth-order valence-corrected chi connectivity index (χ4v) is 6.00. The van der Waals surface area contributed by atoms with Crippen LogP contribution >= 0.6 is 0 Å². The Bertz CT molecular complexity index is 1130. The van der Waals surface area contributed by atoms with Crippen molar-refractivity contribution >= 4 is 23.1 Å². The van der Waals surface area contributed by atoms with Gasteiger partial charge in [0.2, 0.25) is 5.91 Å². The second-order valence-electron chi connectivity index (χ2n) is 9.60. The number of piperidine rings is 1. The van der Waals surface area contributed by atoms with Crippen molar-refractivity contribution in [3.8, 4) is 11.3 Å². The van der Waals surface area contributed by atoms with E-state index in [4.69, 9.17) is 4.52 Å². The van der Waals surface area contributed by atoms with Gasteiger partial charge in [0.05, 0.1) is 5.69 Å². The third kappa shape index (κ3) is 3.65. The number of aldehydes is 1. The first-order chi connectivity index (χ1) is 15.6. The van der Waals surface area contributed by atoms with Gasteiger partial charge in [0.25, 0.3) is 0 Å². The fourth-order valence-electron chi connectivity index (χ4n) is 6.00. The number of aromatic amines is 1. The van der Waals surface area contributed by atoms with E-state index in [9.17, 15) is 9.59 Å². The van der Waals surface area contributed by atoms with E-state index in [1.165, 1.54) is 0 Å². The van der Waals surface area contributed by atoms with Gasteiger partial charge in [-0.3, -0.25) is 4.79 Å². The summed E-state index contributed by atoms with van der Waals surface area (Å²) in [4.78, 5) is 30.5. The molecule has 0 bridgehead atoms. The smallest absolute Gasteiger partial charge is 0.223 e. The van der Waals surface area contributed by atoms with Crippen LogP contribution in [0.3, 0.4) is 0 Å². The minimum absolute atomic E-state index is 0.0623. The first kappa shape index (κ1) is 21.0. The topological polar surface area (TPSA) is 79.2 Å². The van der Waals surface area contributed by atoms with Crippen molar-refractivity contribution in [2.75, 3.05) is 6.54 Å². The quantitative estimate of drug-likeness (QED) is 0.559. The van der Waals surface area contributed by atoms with Crippen LogP contribution in [0.1, 0.15) is 62.6 Å². The molecular formula is C26H31N3O3. The molecule has 1 saturated carbocycles. The number of aromatic nitrogens is 2. The van der Waals surface area contributed by atoms with Crippen molar-refractivity contribution in [2.45, 2.75) is 64.3 Å². The van der Waals surface area contributed by atoms with Gasteiger partial charge >= 0.3 is 0 Å². The Morgan fingerprint density at radius 1 is 1.31 bits per heavy atom. The van der Waals surface area contributed by atoms with E-state index in [-0.39, 0.29) is 23.8 Å². The predicted molar refractivity (Wildman–Crippen MR) is 123 cm³/mol. The minimum Gasteiger partial charge on any atom is -0.361 e. The number of carbonyl (C=O) groups is 2. The monoisotopic (exact) mass is 433 g/mol. The predicted octanol–water partition coefficient (Wildman–Crippen LogP) is 5.23. The molecule has 168 valence electrons. The molecule has 2 aromatic heterocycles. The molecule has 3 aromatic rings. The van der Waals surface area contributed by atoms with E-state index in [0.29, 0.717) is 12.3 Å². The molecule has 1 aliphatic carbocycles. The molecule has 1 aliphatic heterocycles. The molecule has 32 heavy (non-hydrogen) atoms. The van der Waals surface area contributed by atoms with Crippen LogP contribution in [0.2, 0.25) is 0 Å². The highest BCUT2D eigenvalue weighted by molar-refractivity contribution is 5.97. The number of aryl methyl sites for hydroxylation is 1. The maximum Gasteiger partial charge on any atom is 0.223 e. The van der Waals surface area contributed by atoms with Crippen LogP contribution in [0, 0.1) is 18.8 Å². The number of nitrogens with zero attached hydrogens (tertiary/aromatic N) is 2. The highest BCUT2D eigenvalue weighted by atomic mass is 16.5. The molecule has 0 radical (unpaired) electrons. The molecular weight excluding hydrogens is 402 g/mol. The average molecular weight is 434 g/mol. The number of hydrogen-bond acceptors (Lipinski definition) is 4. The number of H-pyrrole nitrogens is 1. The standard InChI is InChI=1S/C26H31N3O3/c1-16(12-25(31)29-11-5-8-19-18(15-30)6-3-10-23(19)29)21-14-27-22-9-4-7-20(26(21)22)24-13-17(2)28-32-24/h4,7,9,13-16,18-19,23,27H,3,5-6,8,10-12H2,1-2H3. The number of benzene rings is 1. The number of likely N-dealkylation sites (tertiary alicyclic amines) is 1. The van der Waals surface area contributed by atoms with E-state index in [1.807, 2.05) is 31.3 Å². The molecule has 2 aliphatic rings. The highest BCUT2D eigenvalue weighted by Crippen LogP contribution is 2.40. The second-order valence-corrected chi connectivity index (χ2v) is 9.60. The van der Waals surface area contributed by atoms with Crippen LogP contribution in [0.25, 0.3) is 22.2 Å². The Morgan fingerprint density at radius 2 is 2.19 bits per heavy atom. The van der Waals surface area contributed by atoms with Crippen LogP contribution < -0.4 is 0 Å². The molecule has 6 heteroatoms. The molecule has 1 saturated heterocycles. The zero-order chi connectivity index (χ0) is 22.2. The Morgan fingerprint density at radius 3 is 2.97 bits per heavy atom. The van der Waals surface area contributed by atoms with Gasteiger partial charge in [-0.25, -0.2) is 0 Å². The Hall–Kier alpha value is -2.89. The van der Waals surface area contributed by atoms with Gasteiger partial charge in [-0.2, -0.15) is 0 Å². The fraction of sp³-hybridized carbons (Fsp3) is 0.500. The summed E-state index contributed by atoms with van der Waals surface area (Å²) < 4.78 is 5.55. The number of amides is 1. The van der Waals surface area contributed by atoms with Gasteiger partial charge < -0.3 is 19.2 Å². The summed E-state index contributed by atoms with van der Waals surface area (Å²) in [5.41, 5.74) is 4.00. The summed E-state index contributed by atoms with van der Waals surface area (Å²) in [7, 11) is 0. The number of fused-ring (bicyclic) bond motifs is 2. The van der Waals surface area contributed by atoms with Crippen LogP contribution in [0.15, 0.2) is 35.0 Å². The molecule has 1 aromatic carbocycles. The first-order valence-corrected chi connectivity index (χ1v) is 11.8. The summed E-state index contributed by atoms with van der Waals surface area (Å²) in [6.45, 7) is 4.85. The largest absolute Gasteiger partial charge is 0.361 e. The number of nitrogens with one attached hydrogen (secondary N) is 1. The van der Waals surface area contributed by atoms with Crippen molar-refractivity contribution in [3.05, 3.63) is 41.7 Å². The molecule has 1 amide bonds. The summed E-state index contributed by atoms with van der Waals surface area (Å²) in [5.74, 6) is 1.47. The summed E-state index contributed by atoms with van der Waals surface area (Å²) in [6, 6.07) is 8.28. The van der Waals surface area contributed by atoms with E-state index in [1.54, 1.807) is 0 Å². The van der Waals surface area contributed by atoms with Crippen molar-refractivity contribution < 1.29 is 14.1 Å². The number of rotatable bonds is 5. The molecule has 5 rings (SSSR count). The van der Waals surface area contributed by atoms with E-state index >= 15 is 0 Å². The lowest BCUT2D eigenvalue weighted by Gasteiger charge is -2.46. The highest BCUT2D eigenvalue weighted by Gasteiger charge is 2.40. The maximum atomic E-state index is 13.4. The molecule has 2 fully saturated rings. The summed E-state index contributed by atoms with van der Waals surface area (Å²) in [5, 5.41) is 5.15. The number of carbonyl (C=O) groups excluding carboxylic acids is 2. The second kappa shape index (κ2) is 8.57. The molecule has 3 heterocycles. The average Bonchev–Trinajstić information content (AvgIpc) is 3.44. The van der Waals surface area contributed by atoms with Crippen LogP contribution in [0.4, 0.5) is 0 Å². The first-order valence-electron chi connectivity index (χ1n) is 11.8. The normalized spacial score (nSPS) is 24.3. The summed E-state index contributed by atoms with van der Waals surface area (Å²) >= 11 is 0. The van der Waals surface area contributed by atoms with Crippen molar-refractivity contribution in [1.29, 1.82) is 0 Å². The van der Waals surface area contributed by atoms with Crippen molar-refractivity contribution in [1.82, 2.24) is 15.0 Å². The zero-order valence-electron chi connectivity index (χ0n) is 18.8. The van der Waals surface area contributed by atoms with Gasteiger partial charge in [-0.1, -0.05) is 30.6 Å². The lowest BCUT2D eigenvalue weighted by Crippen LogP contribution is -2.52. The van der Waals surface area contributed by atoms with Gasteiger partial charge in [-0.15, -0.1) is 0 Å². The Labute approximate surface area is 188 Å². The molecule has 1 N–H and O–H groups in total. The Balaban J connectivity index is 1.40. The van der Waals surface area contributed by atoms with Gasteiger partial charge in [0.1, 0.15) is 6.29 Å². The lowest BCUT2D eigenvalue weighted by molar-refractivity contribution is -0.140. The van der Waals surface area contributed by atoms with Gasteiger partial charge in [0, 0.05) is 53.7 Å². The van der Waals surface area contributed by atoms with E-state index in [2.05, 4.69) is 28.0 Å². The molecule has 4 atom stereocenters. The van der Waals surface area contributed by atoms with Crippen LogP contribution in [-0.2, 0) is 9.59 Å². The third-order valence-electron chi connectivity index (χ3n) is 7.55. The van der Waals surface area contributed by atoms with Crippen LogP contribution in [0.5, 0.6) is 0 Å². The third-order valence-corrected chi connectivity index (χ3v) is 7.55. The van der Waals surface area contributed by atoms with Crippen molar-refractivity contribution in [3.63, 3.8) is 0 Å². The van der Waals surface area contributed by atoms with Gasteiger partial charge in [0.15, 0.2) is 5.76 Å². The van der Waals surface area contributed by atoms with Crippen molar-refractivity contribution in [2.24, 2.45) is 11.8 Å². The van der Waals surface area contributed by atoms with E-state index < -0.39 is 0 Å². The van der Waals surface area contributed by atoms with E-state index in [0.717, 1.165) is 78.4 Å². The maximum absolute atomic E-state index is 13.4. The molecule has 4 unspecified atom stereocenters. The molecule has 0 spiro atoms. The number of hydrogen-bond donors (Lipinski definition) is 1. The van der Waals surface area contributed by atoms with Gasteiger partial charge in [-0.05, 0) is 56.1 Å². The SMILES string of the molecule is Cc1cc(-c2cccc3[nH]cc(C(C)CC(=O)N4CCCC5C(C=O)CCCC54)c23)on1. The lowest BCUT2D eigenvalue weighted by atomic mass is 9.71. The van der Waals surface area contributed by atoms with Crippen LogP contribution in [-0.4, -0.2) is 39.8 Å². The molecule has 6 nitrogen and oxygen atoms in total.